The zero-order chi connectivity index (χ0) is 15.1. The molecule has 0 fully saturated rings. The van der Waals surface area contributed by atoms with Crippen LogP contribution in [-0.2, 0) is 4.74 Å². The van der Waals surface area contributed by atoms with Gasteiger partial charge in [0, 0.05) is 32.4 Å². The van der Waals surface area contributed by atoms with E-state index in [9.17, 15) is 4.79 Å². The van der Waals surface area contributed by atoms with Gasteiger partial charge < -0.3 is 20.7 Å². The third-order valence-electron chi connectivity index (χ3n) is 2.75. The van der Waals surface area contributed by atoms with Crippen LogP contribution in [0.25, 0.3) is 0 Å². The minimum absolute atomic E-state index is 0.214. The van der Waals surface area contributed by atoms with Crippen LogP contribution in [0.1, 0.15) is 10.4 Å². The fourth-order valence-electron chi connectivity index (χ4n) is 1.59. The monoisotopic (exact) mass is 319 g/mol. The molecule has 112 valence electrons. The molecule has 0 aromatic heterocycles. The highest BCUT2D eigenvalue weighted by Gasteiger charge is 2.13. The van der Waals surface area contributed by atoms with Crippen LogP contribution in [0.2, 0.25) is 10.0 Å². The summed E-state index contributed by atoms with van der Waals surface area (Å²) >= 11 is 11.9. The van der Waals surface area contributed by atoms with Crippen molar-refractivity contribution in [2.24, 2.45) is 0 Å². The predicted molar refractivity (Wildman–Crippen MR) is 82.6 cm³/mol. The number of hydrogen-bond acceptors (Lipinski definition) is 4. The van der Waals surface area contributed by atoms with E-state index in [1.54, 1.807) is 7.11 Å². The number of nitrogens with two attached hydrogens (primary N) is 1. The van der Waals surface area contributed by atoms with Crippen molar-refractivity contribution in [2.45, 2.75) is 0 Å². The predicted octanol–water partition coefficient (Wildman–Crippen LogP) is 1.88. The first-order valence-electron chi connectivity index (χ1n) is 6.16. The van der Waals surface area contributed by atoms with Crippen molar-refractivity contribution in [1.29, 1.82) is 0 Å². The van der Waals surface area contributed by atoms with Crippen molar-refractivity contribution in [3.8, 4) is 0 Å². The molecule has 0 aliphatic carbocycles. The highest BCUT2D eigenvalue weighted by atomic mass is 35.5. The van der Waals surface area contributed by atoms with Gasteiger partial charge in [-0.1, -0.05) is 23.2 Å². The summed E-state index contributed by atoms with van der Waals surface area (Å²) in [6.07, 6.45) is 0. The van der Waals surface area contributed by atoms with Crippen LogP contribution in [-0.4, -0.2) is 51.2 Å². The highest BCUT2D eigenvalue weighted by Crippen LogP contribution is 2.28. The second-order valence-electron chi connectivity index (χ2n) is 4.42. The van der Waals surface area contributed by atoms with Gasteiger partial charge in [-0.2, -0.15) is 0 Å². The van der Waals surface area contributed by atoms with Crippen molar-refractivity contribution >= 4 is 34.8 Å². The Morgan fingerprint density at radius 3 is 2.75 bits per heavy atom. The Balaban J connectivity index is 2.51. The van der Waals surface area contributed by atoms with E-state index >= 15 is 0 Å². The lowest BCUT2D eigenvalue weighted by molar-refractivity contribution is 0.0947. The Hall–Kier alpha value is -1.01. The molecule has 3 N–H and O–H groups in total. The Bertz CT molecular complexity index is 469. The molecule has 0 saturated carbocycles. The lowest BCUT2D eigenvalue weighted by Crippen LogP contribution is -2.34. The third kappa shape index (κ3) is 5.17. The van der Waals surface area contributed by atoms with Crippen LogP contribution in [0.15, 0.2) is 12.1 Å². The second-order valence-corrected chi connectivity index (χ2v) is 5.20. The average molecular weight is 320 g/mol. The summed E-state index contributed by atoms with van der Waals surface area (Å²) < 4.78 is 4.98. The van der Waals surface area contributed by atoms with Crippen molar-refractivity contribution in [2.75, 3.05) is 46.1 Å². The van der Waals surface area contributed by atoms with Crippen LogP contribution < -0.4 is 11.1 Å². The molecule has 0 atom stereocenters. The largest absolute Gasteiger partial charge is 0.399 e. The van der Waals surface area contributed by atoms with Crippen LogP contribution in [0.5, 0.6) is 0 Å². The number of halogens is 2. The lowest BCUT2D eigenvalue weighted by atomic mass is 10.2. The molecule has 1 rings (SSSR count). The first kappa shape index (κ1) is 17.0. The Morgan fingerprint density at radius 2 is 2.10 bits per heavy atom. The standard InChI is InChI=1S/C13H19Cl2N3O2/c1-18(5-6-20-2)4-3-17-13(19)10-7-9(16)8-11(14)12(10)15/h7-8H,3-6,16H2,1-2H3,(H,17,19). The molecule has 0 aliphatic heterocycles. The number of ether oxygens (including phenoxy) is 1. The molecular formula is C13H19Cl2N3O2. The van der Waals surface area contributed by atoms with Crippen molar-refractivity contribution < 1.29 is 9.53 Å². The maximum Gasteiger partial charge on any atom is 0.252 e. The minimum Gasteiger partial charge on any atom is -0.399 e. The minimum atomic E-state index is -0.288. The number of nitrogens with zero attached hydrogens (tertiary/aromatic N) is 1. The van der Waals surface area contributed by atoms with Crippen molar-refractivity contribution in [3.63, 3.8) is 0 Å². The van der Waals surface area contributed by atoms with Crippen molar-refractivity contribution in [1.82, 2.24) is 10.2 Å². The van der Waals surface area contributed by atoms with Gasteiger partial charge in [0.2, 0.25) is 0 Å². The number of amides is 1. The topological polar surface area (TPSA) is 67.6 Å². The molecule has 1 aromatic carbocycles. The number of hydrogen-bond donors (Lipinski definition) is 2. The van der Waals surface area contributed by atoms with Crippen LogP contribution in [0.3, 0.4) is 0 Å². The first-order valence-corrected chi connectivity index (χ1v) is 6.91. The molecular weight excluding hydrogens is 301 g/mol. The smallest absolute Gasteiger partial charge is 0.252 e. The molecule has 20 heavy (non-hydrogen) atoms. The molecule has 0 saturated heterocycles. The highest BCUT2D eigenvalue weighted by molar-refractivity contribution is 6.44. The number of carbonyl (C=O) groups excluding carboxylic acids is 1. The number of methoxy groups -OCH3 is 1. The summed E-state index contributed by atoms with van der Waals surface area (Å²) in [5.41, 5.74) is 6.35. The van der Waals surface area contributed by atoms with Gasteiger partial charge in [0.25, 0.3) is 5.91 Å². The first-order chi connectivity index (χ1) is 9.45. The zero-order valence-corrected chi connectivity index (χ0v) is 13.1. The quantitative estimate of drug-likeness (QED) is 0.753. The van der Waals surface area contributed by atoms with Gasteiger partial charge in [0.05, 0.1) is 22.2 Å². The molecule has 5 nitrogen and oxygen atoms in total. The summed E-state index contributed by atoms with van der Waals surface area (Å²) in [5, 5.41) is 3.27. The number of nitrogen functional groups attached to an aromatic ring is 1. The van der Waals surface area contributed by atoms with Gasteiger partial charge in [0.1, 0.15) is 0 Å². The molecule has 1 amide bonds. The zero-order valence-electron chi connectivity index (χ0n) is 11.6. The van der Waals surface area contributed by atoms with Gasteiger partial charge >= 0.3 is 0 Å². The summed E-state index contributed by atoms with van der Waals surface area (Å²) in [7, 11) is 3.61. The molecule has 0 bridgehead atoms. The van der Waals surface area contributed by atoms with Crippen LogP contribution in [0.4, 0.5) is 5.69 Å². The summed E-state index contributed by atoms with van der Waals surface area (Å²) in [6, 6.07) is 3.03. The molecule has 0 heterocycles. The maximum atomic E-state index is 12.0. The Morgan fingerprint density at radius 1 is 1.40 bits per heavy atom. The third-order valence-corrected chi connectivity index (χ3v) is 3.55. The van der Waals surface area contributed by atoms with E-state index in [2.05, 4.69) is 10.2 Å². The number of nitrogens with one attached hydrogen (secondary N) is 1. The normalized spacial score (nSPS) is 10.8. The van der Waals surface area contributed by atoms with E-state index < -0.39 is 0 Å². The van der Waals surface area contributed by atoms with E-state index in [-0.39, 0.29) is 21.5 Å². The Kier molecular flexibility index (Phi) is 7.09. The molecule has 0 aliphatic rings. The number of rotatable bonds is 7. The van der Waals surface area contributed by atoms with Gasteiger partial charge in [-0.3, -0.25) is 4.79 Å². The number of anilines is 1. The molecule has 1 aromatic rings. The summed E-state index contributed by atoms with van der Waals surface area (Å²) in [5.74, 6) is -0.288. The molecule has 0 spiro atoms. The van der Waals surface area contributed by atoms with Gasteiger partial charge in [0.15, 0.2) is 0 Å². The van der Waals surface area contributed by atoms with E-state index in [0.29, 0.717) is 25.4 Å². The van der Waals surface area contributed by atoms with Gasteiger partial charge in [-0.25, -0.2) is 0 Å². The van der Waals surface area contributed by atoms with E-state index in [0.717, 1.165) is 6.54 Å². The molecule has 0 unspecified atom stereocenters. The second kappa shape index (κ2) is 8.32. The van der Waals surface area contributed by atoms with E-state index in [4.69, 9.17) is 33.7 Å². The molecule has 7 heteroatoms. The number of benzene rings is 1. The van der Waals surface area contributed by atoms with E-state index in [1.807, 2.05) is 7.05 Å². The Labute approximate surface area is 129 Å². The average Bonchev–Trinajstić information content (AvgIpc) is 2.40. The SMILES string of the molecule is COCCN(C)CCNC(=O)c1cc(N)cc(Cl)c1Cl. The van der Waals surface area contributed by atoms with Gasteiger partial charge in [-0.05, 0) is 19.2 Å². The summed E-state index contributed by atoms with van der Waals surface area (Å²) in [4.78, 5) is 14.1. The van der Waals surface area contributed by atoms with E-state index in [1.165, 1.54) is 12.1 Å². The van der Waals surface area contributed by atoms with Crippen LogP contribution in [0, 0.1) is 0 Å². The van der Waals surface area contributed by atoms with Gasteiger partial charge in [-0.15, -0.1) is 0 Å². The number of carbonyl (C=O) groups is 1. The van der Waals surface area contributed by atoms with Crippen LogP contribution >= 0.6 is 23.2 Å². The maximum absolute atomic E-state index is 12.0. The molecule has 0 radical (unpaired) electrons. The lowest BCUT2D eigenvalue weighted by Gasteiger charge is -2.16. The van der Waals surface area contributed by atoms with Crippen molar-refractivity contribution in [3.05, 3.63) is 27.7 Å². The summed E-state index contributed by atoms with van der Waals surface area (Å²) in [6.45, 7) is 2.67. The fraction of sp³-hybridized carbons (Fsp3) is 0.462. The number of likely N-dealkylation sites (N-methyl/N-ethyl adjacent to an activating group) is 1. The fourth-order valence-corrected chi connectivity index (χ4v) is 2.01.